The zero-order chi connectivity index (χ0) is 28.0. The Bertz CT molecular complexity index is 1160. The molecule has 0 saturated heterocycles. The third-order valence-electron chi connectivity index (χ3n) is 6.04. The molecule has 7 nitrogen and oxygen atoms in total. The van der Waals surface area contributed by atoms with Crippen LogP contribution in [0.1, 0.15) is 59.1 Å². The molecule has 0 unspecified atom stereocenters. The zero-order valence-corrected chi connectivity index (χ0v) is 24.5. The van der Waals surface area contributed by atoms with Crippen molar-refractivity contribution in [2.75, 3.05) is 23.7 Å². The molecule has 0 fully saturated rings. The van der Waals surface area contributed by atoms with Gasteiger partial charge in [0.1, 0.15) is 12.6 Å². The Kier molecular flexibility index (Phi) is 10.6. The van der Waals surface area contributed by atoms with Gasteiger partial charge in [0.2, 0.25) is 21.8 Å². The van der Waals surface area contributed by atoms with Crippen molar-refractivity contribution in [2.24, 2.45) is 5.92 Å². The van der Waals surface area contributed by atoms with Crippen molar-refractivity contribution < 1.29 is 18.0 Å². The average Bonchev–Trinajstić information content (AvgIpc) is 2.81. The maximum Gasteiger partial charge on any atom is 0.244 e. The number of anilines is 1. The first-order valence-corrected chi connectivity index (χ1v) is 14.8. The SMILES string of the molecule is CC[C@@H](C(=O)NCC(C)C)N(Cc1ccc(Cl)cc1)C(=O)CN(c1ccc(C(C)(C)C)cc1)S(C)(=O)=O. The summed E-state index contributed by atoms with van der Waals surface area (Å²) in [6.07, 6.45) is 1.45. The van der Waals surface area contributed by atoms with Crippen LogP contribution in [-0.2, 0) is 31.6 Å². The molecule has 0 aliphatic heterocycles. The van der Waals surface area contributed by atoms with Crippen molar-refractivity contribution in [1.82, 2.24) is 10.2 Å². The van der Waals surface area contributed by atoms with Crippen molar-refractivity contribution in [3.05, 3.63) is 64.7 Å². The Balaban J connectivity index is 2.42. The Morgan fingerprint density at radius 1 is 1.00 bits per heavy atom. The number of amides is 2. The molecule has 37 heavy (non-hydrogen) atoms. The second kappa shape index (κ2) is 12.8. The zero-order valence-electron chi connectivity index (χ0n) is 22.9. The molecule has 0 spiro atoms. The van der Waals surface area contributed by atoms with Crippen molar-refractivity contribution in [1.29, 1.82) is 0 Å². The second-order valence-electron chi connectivity index (χ2n) is 10.8. The molecule has 0 bridgehead atoms. The van der Waals surface area contributed by atoms with Gasteiger partial charge in [0.15, 0.2) is 0 Å². The molecule has 1 atom stereocenters. The topological polar surface area (TPSA) is 86.8 Å². The largest absolute Gasteiger partial charge is 0.354 e. The number of nitrogens with one attached hydrogen (secondary N) is 1. The first kappa shape index (κ1) is 30.6. The van der Waals surface area contributed by atoms with E-state index in [1.54, 1.807) is 36.4 Å². The molecule has 0 saturated carbocycles. The molecule has 1 N–H and O–H groups in total. The predicted octanol–water partition coefficient (Wildman–Crippen LogP) is 4.98. The van der Waals surface area contributed by atoms with Crippen LogP contribution in [0.15, 0.2) is 48.5 Å². The smallest absolute Gasteiger partial charge is 0.244 e. The normalized spacial score (nSPS) is 12.8. The Labute approximate surface area is 227 Å². The summed E-state index contributed by atoms with van der Waals surface area (Å²) in [6.45, 7) is 12.2. The summed E-state index contributed by atoms with van der Waals surface area (Å²) in [5.41, 5.74) is 2.13. The predicted molar refractivity (Wildman–Crippen MR) is 151 cm³/mol. The lowest BCUT2D eigenvalue weighted by atomic mass is 9.87. The second-order valence-corrected chi connectivity index (χ2v) is 13.1. The van der Waals surface area contributed by atoms with Crippen LogP contribution in [0.25, 0.3) is 0 Å². The highest BCUT2D eigenvalue weighted by Gasteiger charge is 2.32. The molecule has 2 aromatic rings. The molecule has 2 aromatic carbocycles. The molecular weight excluding hydrogens is 510 g/mol. The highest BCUT2D eigenvalue weighted by Crippen LogP contribution is 2.26. The number of hydrogen-bond donors (Lipinski definition) is 1. The number of rotatable bonds is 11. The highest BCUT2D eigenvalue weighted by molar-refractivity contribution is 7.92. The lowest BCUT2D eigenvalue weighted by Crippen LogP contribution is -2.52. The van der Waals surface area contributed by atoms with E-state index in [2.05, 4.69) is 26.1 Å². The summed E-state index contributed by atoms with van der Waals surface area (Å²) >= 11 is 6.03. The van der Waals surface area contributed by atoms with Gasteiger partial charge in [-0.1, -0.05) is 77.4 Å². The van der Waals surface area contributed by atoms with E-state index in [1.165, 1.54) is 4.90 Å². The molecule has 2 rings (SSSR count). The summed E-state index contributed by atoms with van der Waals surface area (Å²) in [4.78, 5) is 28.3. The van der Waals surface area contributed by atoms with E-state index in [-0.39, 0.29) is 23.8 Å². The maximum absolute atomic E-state index is 13.7. The standard InChI is InChI=1S/C28H40ClN3O4S/c1-8-25(27(34)30-17-20(2)3)31(18-21-9-13-23(29)14-10-21)26(33)19-32(37(7,35)36)24-15-11-22(12-16-24)28(4,5)6/h9-16,20,25H,8,17-19H2,1-7H3,(H,30,34)/t25-/m0/s1. The number of carbonyl (C=O) groups is 2. The van der Waals surface area contributed by atoms with Gasteiger partial charge in [0.05, 0.1) is 11.9 Å². The van der Waals surface area contributed by atoms with Gasteiger partial charge in [-0.25, -0.2) is 8.42 Å². The monoisotopic (exact) mass is 549 g/mol. The molecule has 0 radical (unpaired) electrons. The van der Waals surface area contributed by atoms with Gasteiger partial charge in [0.25, 0.3) is 0 Å². The first-order valence-electron chi connectivity index (χ1n) is 12.5. The third kappa shape index (κ3) is 9.04. The number of benzene rings is 2. The number of nitrogens with zero attached hydrogens (tertiary/aromatic N) is 2. The third-order valence-corrected chi connectivity index (χ3v) is 7.43. The Hall–Kier alpha value is -2.58. The molecule has 2 amide bonds. The van der Waals surface area contributed by atoms with Crippen LogP contribution in [0.2, 0.25) is 5.02 Å². The van der Waals surface area contributed by atoms with Crippen LogP contribution in [0.3, 0.4) is 0 Å². The lowest BCUT2D eigenvalue weighted by molar-refractivity contribution is -0.140. The minimum Gasteiger partial charge on any atom is -0.354 e. The average molecular weight is 550 g/mol. The Morgan fingerprint density at radius 2 is 1.57 bits per heavy atom. The van der Waals surface area contributed by atoms with Crippen molar-refractivity contribution in [3.63, 3.8) is 0 Å². The van der Waals surface area contributed by atoms with Gasteiger partial charge >= 0.3 is 0 Å². The van der Waals surface area contributed by atoms with E-state index in [9.17, 15) is 18.0 Å². The summed E-state index contributed by atoms with van der Waals surface area (Å²) in [6, 6.07) is 13.4. The van der Waals surface area contributed by atoms with Crippen molar-refractivity contribution in [2.45, 2.75) is 66.0 Å². The fourth-order valence-corrected chi connectivity index (χ4v) is 4.85. The minimum atomic E-state index is -3.78. The molecule has 0 aliphatic carbocycles. The molecule has 0 aliphatic rings. The number of halogens is 1. The van der Waals surface area contributed by atoms with E-state index in [4.69, 9.17) is 11.6 Å². The van der Waals surface area contributed by atoms with E-state index >= 15 is 0 Å². The summed E-state index contributed by atoms with van der Waals surface area (Å²) < 4.78 is 26.7. The van der Waals surface area contributed by atoms with Crippen molar-refractivity contribution >= 4 is 39.1 Å². The highest BCUT2D eigenvalue weighted by atomic mass is 35.5. The van der Waals surface area contributed by atoms with Crippen molar-refractivity contribution in [3.8, 4) is 0 Å². The van der Waals surface area contributed by atoms with E-state index < -0.39 is 28.5 Å². The van der Waals surface area contributed by atoms with E-state index in [0.29, 0.717) is 23.7 Å². The minimum absolute atomic E-state index is 0.0999. The van der Waals surface area contributed by atoms with Gasteiger partial charge in [-0.2, -0.15) is 0 Å². The quantitative estimate of drug-likeness (QED) is 0.428. The van der Waals surface area contributed by atoms with Crippen LogP contribution in [-0.4, -0.2) is 50.5 Å². The number of carbonyl (C=O) groups excluding carboxylic acids is 2. The molecule has 0 heterocycles. The van der Waals surface area contributed by atoms with Gasteiger partial charge in [0, 0.05) is 18.1 Å². The summed E-state index contributed by atoms with van der Waals surface area (Å²) in [7, 11) is -3.78. The molecule has 0 aromatic heterocycles. The maximum atomic E-state index is 13.7. The van der Waals surface area contributed by atoms with Crippen LogP contribution in [0.5, 0.6) is 0 Å². The Morgan fingerprint density at radius 3 is 2.03 bits per heavy atom. The number of hydrogen-bond acceptors (Lipinski definition) is 4. The van der Waals surface area contributed by atoms with E-state index in [0.717, 1.165) is 21.7 Å². The van der Waals surface area contributed by atoms with Gasteiger partial charge in [-0.3, -0.25) is 13.9 Å². The van der Waals surface area contributed by atoms with Crippen LogP contribution >= 0.6 is 11.6 Å². The van der Waals surface area contributed by atoms with Gasteiger partial charge in [-0.15, -0.1) is 0 Å². The summed E-state index contributed by atoms with van der Waals surface area (Å²) in [5.74, 6) is -0.482. The lowest BCUT2D eigenvalue weighted by Gasteiger charge is -2.33. The molecule has 9 heteroatoms. The fourth-order valence-electron chi connectivity index (χ4n) is 3.87. The van der Waals surface area contributed by atoms with Gasteiger partial charge in [-0.05, 0) is 53.1 Å². The van der Waals surface area contributed by atoms with Gasteiger partial charge < -0.3 is 10.2 Å². The fraction of sp³-hybridized carbons (Fsp3) is 0.500. The van der Waals surface area contributed by atoms with Crippen LogP contribution in [0, 0.1) is 5.92 Å². The molecule has 204 valence electrons. The first-order chi connectivity index (χ1) is 17.1. The summed E-state index contributed by atoms with van der Waals surface area (Å²) in [5, 5.41) is 3.47. The number of sulfonamides is 1. The van der Waals surface area contributed by atoms with Crippen LogP contribution < -0.4 is 9.62 Å². The van der Waals surface area contributed by atoms with E-state index in [1.807, 2.05) is 32.9 Å². The molecular formula is C28H40ClN3O4S. The van der Waals surface area contributed by atoms with Crippen LogP contribution in [0.4, 0.5) is 5.69 Å².